The zero-order chi connectivity index (χ0) is 12.0. The summed E-state index contributed by atoms with van der Waals surface area (Å²) in [6, 6.07) is 5.88. The first-order valence-electron chi connectivity index (χ1n) is 5.52. The van der Waals surface area contributed by atoms with Crippen molar-refractivity contribution in [2.45, 2.75) is 13.0 Å². The van der Waals surface area contributed by atoms with E-state index in [0.29, 0.717) is 12.5 Å². The minimum Gasteiger partial charge on any atom is -0.497 e. The number of carbonyl (C=O) groups excluding carboxylic acids is 1. The quantitative estimate of drug-likeness (QED) is 0.786. The molecule has 2 aliphatic rings. The molecule has 0 aromatic heterocycles. The molecule has 0 spiro atoms. The van der Waals surface area contributed by atoms with Gasteiger partial charge in [-0.15, -0.1) is 0 Å². The second-order valence-corrected chi connectivity index (χ2v) is 4.19. The number of anilines is 1. The van der Waals surface area contributed by atoms with Crippen molar-refractivity contribution in [3.8, 4) is 5.75 Å². The number of benzene rings is 1. The molecule has 1 aromatic rings. The summed E-state index contributed by atoms with van der Waals surface area (Å²) in [5.41, 5.74) is 2.12. The summed E-state index contributed by atoms with van der Waals surface area (Å²) in [4.78, 5) is 17.8. The Morgan fingerprint density at radius 2 is 2.35 bits per heavy atom. The summed E-state index contributed by atoms with van der Waals surface area (Å²) in [6.07, 6.45) is 0. The Morgan fingerprint density at radius 3 is 3.12 bits per heavy atom. The third kappa shape index (κ3) is 1.46. The lowest BCUT2D eigenvalue weighted by Crippen LogP contribution is -2.34. The molecular formula is C12H13N3O2. The fraction of sp³-hybridized carbons (Fsp3) is 0.333. The normalized spacial score (nSPS) is 21.5. The van der Waals surface area contributed by atoms with Crippen molar-refractivity contribution in [1.29, 1.82) is 0 Å². The van der Waals surface area contributed by atoms with Crippen LogP contribution in [0.15, 0.2) is 23.2 Å². The highest BCUT2D eigenvalue weighted by Gasteiger charge is 2.32. The fourth-order valence-electron chi connectivity index (χ4n) is 2.24. The van der Waals surface area contributed by atoms with Gasteiger partial charge in [0.2, 0.25) is 11.9 Å². The van der Waals surface area contributed by atoms with Crippen LogP contribution in [0.25, 0.3) is 0 Å². The highest BCUT2D eigenvalue weighted by Crippen LogP contribution is 2.36. The van der Waals surface area contributed by atoms with Gasteiger partial charge in [-0.25, -0.2) is 4.99 Å². The molecule has 5 nitrogen and oxygen atoms in total. The van der Waals surface area contributed by atoms with Crippen LogP contribution < -0.4 is 15.0 Å². The molecule has 1 fully saturated rings. The van der Waals surface area contributed by atoms with Crippen molar-refractivity contribution >= 4 is 17.6 Å². The minimum atomic E-state index is -0.0142. The number of hydrogen-bond acceptors (Lipinski definition) is 4. The van der Waals surface area contributed by atoms with Crippen LogP contribution in [0, 0.1) is 0 Å². The molecule has 0 saturated carbocycles. The average Bonchev–Trinajstić information content (AvgIpc) is 2.69. The van der Waals surface area contributed by atoms with Crippen molar-refractivity contribution < 1.29 is 9.53 Å². The summed E-state index contributed by atoms with van der Waals surface area (Å²) in [5, 5.41) is 2.76. The lowest BCUT2D eigenvalue weighted by atomic mass is 10.0. The number of amides is 1. The molecule has 1 saturated heterocycles. The molecule has 1 atom stereocenters. The number of ether oxygens (including phenoxy) is 1. The van der Waals surface area contributed by atoms with Gasteiger partial charge in [0, 0.05) is 11.3 Å². The maximum Gasteiger partial charge on any atom is 0.246 e. The molecule has 3 rings (SSSR count). The van der Waals surface area contributed by atoms with Gasteiger partial charge < -0.3 is 9.64 Å². The van der Waals surface area contributed by atoms with Crippen molar-refractivity contribution in [2.24, 2.45) is 4.99 Å². The van der Waals surface area contributed by atoms with E-state index in [-0.39, 0.29) is 11.9 Å². The van der Waals surface area contributed by atoms with E-state index in [1.165, 1.54) is 0 Å². The average molecular weight is 231 g/mol. The summed E-state index contributed by atoms with van der Waals surface area (Å²) >= 11 is 0. The summed E-state index contributed by atoms with van der Waals surface area (Å²) in [6.45, 7) is 2.35. The second kappa shape index (κ2) is 3.48. The molecule has 17 heavy (non-hydrogen) atoms. The van der Waals surface area contributed by atoms with E-state index in [4.69, 9.17) is 4.74 Å². The van der Waals surface area contributed by atoms with E-state index in [0.717, 1.165) is 17.0 Å². The molecule has 2 aliphatic heterocycles. The SMILES string of the molecule is COc1ccc2c(c1)C(C)N=C1NC(=O)CN12. The van der Waals surface area contributed by atoms with Gasteiger partial charge in [-0.05, 0) is 25.1 Å². The van der Waals surface area contributed by atoms with Crippen LogP contribution in [0.1, 0.15) is 18.5 Å². The predicted octanol–water partition coefficient (Wildman–Crippen LogP) is 1.06. The van der Waals surface area contributed by atoms with Crippen LogP contribution in [-0.2, 0) is 4.79 Å². The molecule has 1 N–H and O–H groups in total. The number of fused-ring (bicyclic) bond motifs is 3. The molecule has 0 aliphatic carbocycles. The van der Waals surface area contributed by atoms with Gasteiger partial charge >= 0.3 is 0 Å². The Bertz CT molecular complexity index is 524. The van der Waals surface area contributed by atoms with Crippen LogP contribution in [0.4, 0.5) is 5.69 Å². The largest absolute Gasteiger partial charge is 0.497 e. The van der Waals surface area contributed by atoms with Gasteiger partial charge in [0.05, 0.1) is 13.2 Å². The molecule has 0 bridgehead atoms. The number of nitrogens with one attached hydrogen (secondary N) is 1. The zero-order valence-electron chi connectivity index (χ0n) is 9.73. The molecule has 2 heterocycles. The van der Waals surface area contributed by atoms with Crippen molar-refractivity contribution in [1.82, 2.24) is 5.32 Å². The lowest BCUT2D eigenvalue weighted by molar-refractivity contribution is -0.117. The Hall–Kier alpha value is -2.04. The van der Waals surface area contributed by atoms with Gasteiger partial charge in [-0.2, -0.15) is 0 Å². The molecule has 1 aromatic carbocycles. The maximum absolute atomic E-state index is 11.4. The Labute approximate surface area is 99.1 Å². The van der Waals surface area contributed by atoms with E-state index >= 15 is 0 Å². The predicted molar refractivity (Wildman–Crippen MR) is 64.3 cm³/mol. The third-order valence-corrected chi connectivity index (χ3v) is 3.10. The smallest absolute Gasteiger partial charge is 0.246 e. The van der Waals surface area contributed by atoms with E-state index in [1.807, 2.05) is 30.0 Å². The first-order chi connectivity index (χ1) is 8.19. The number of methoxy groups -OCH3 is 1. The number of aliphatic imine (C=N–C) groups is 1. The van der Waals surface area contributed by atoms with Gasteiger partial charge in [0.25, 0.3) is 0 Å². The lowest BCUT2D eigenvalue weighted by Gasteiger charge is -2.27. The highest BCUT2D eigenvalue weighted by molar-refractivity contribution is 6.15. The fourth-order valence-corrected chi connectivity index (χ4v) is 2.24. The first kappa shape index (κ1) is 10.1. The molecule has 1 unspecified atom stereocenters. The summed E-state index contributed by atoms with van der Waals surface area (Å²) < 4.78 is 5.21. The molecule has 5 heteroatoms. The molecular weight excluding hydrogens is 218 g/mol. The standard InChI is InChI=1S/C12H13N3O2/c1-7-9-5-8(17-2)3-4-10(9)15-6-11(16)14-12(15)13-7/h3-5,7H,6H2,1-2H3,(H,13,14,16). The minimum absolute atomic E-state index is 0.0142. The van der Waals surface area contributed by atoms with Crippen LogP contribution >= 0.6 is 0 Å². The van der Waals surface area contributed by atoms with Crippen molar-refractivity contribution in [3.63, 3.8) is 0 Å². The van der Waals surface area contributed by atoms with Crippen molar-refractivity contribution in [2.75, 3.05) is 18.6 Å². The van der Waals surface area contributed by atoms with Gasteiger partial charge in [0.1, 0.15) is 12.3 Å². The monoisotopic (exact) mass is 231 g/mol. The Morgan fingerprint density at radius 1 is 1.53 bits per heavy atom. The van der Waals surface area contributed by atoms with Crippen LogP contribution in [0.5, 0.6) is 5.75 Å². The van der Waals surface area contributed by atoms with Gasteiger partial charge in [-0.3, -0.25) is 10.1 Å². The molecule has 0 radical (unpaired) electrons. The number of nitrogens with zero attached hydrogens (tertiary/aromatic N) is 2. The number of rotatable bonds is 1. The summed E-state index contributed by atoms with van der Waals surface area (Å²) in [7, 11) is 1.64. The van der Waals surface area contributed by atoms with Crippen LogP contribution in [0.3, 0.4) is 0 Å². The van der Waals surface area contributed by atoms with E-state index in [1.54, 1.807) is 7.11 Å². The molecule has 1 amide bonds. The van der Waals surface area contributed by atoms with Crippen LogP contribution in [-0.4, -0.2) is 25.5 Å². The van der Waals surface area contributed by atoms with Crippen LogP contribution in [0.2, 0.25) is 0 Å². The number of hydrogen-bond donors (Lipinski definition) is 1. The third-order valence-electron chi connectivity index (χ3n) is 3.10. The Balaban J connectivity index is 2.10. The first-order valence-corrected chi connectivity index (χ1v) is 5.52. The topological polar surface area (TPSA) is 53.9 Å². The highest BCUT2D eigenvalue weighted by atomic mass is 16.5. The molecule has 88 valence electrons. The van der Waals surface area contributed by atoms with E-state index < -0.39 is 0 Å². The zero-order valence-corrected chi connectivity index (χ0v) is 9.73. The number of guanidine groups is 1. The summed E-state index contributed by atoms with van der Waals surface area (Å²) in [5.74, 6) is 1.45. The van der Waals surface area contributed by atoms with E-state index in [9.17, 15) is 4.79 Å². The van der Waals surface area contributed by atoms with Gasteiger partial charge in [-0.1, -0.05) is 0 Å². The van der Waals surface area contributed by atoms with Crippen molar-refractivity contribution in [3.05, 3.63) is 23.8 Å². The van der Waals surface area contributed by atoms with E-state index in [2.05, 4.69) is 10.3 Å². The second-order valence-electron chi connectivity index (χ2n) is 4.19. The number of carbonyl (C=O) groups is 1. The Kier molecular flexibility index (Phi) is 2.07. The maximum atomic E-state index is 11.4. The van der Waals surface area contributed by atoms with Gasteiger partial charge in [0.15, 0.2) is 0 Å².